The first-order chi connectivity index (χ1) is 7.19. The molecule has 3 heteroatoms. The van der Waals surface area contributed by atoms with Gasteiger partial charge in [-0.05, 0) is 25.7 Å². The van der Waals surface area contributed by atoms with Gasteiger partial charge in [0, 0.05) is 6.42 Å². The SMILES string of the molecule is CCCC1CCC(=O)C(C(=O)OCC)C1. The van der Waals surface area contributed by atoms with Crippen LogP contribution in [0, 0.1) is 11.8 Å². The third-order valence-electron chi connectivity index (χ3n) is 3.02. The minimum atomic E-state index is -0.477. The van der Waals surface area contributed by atoms with Crippen molar-refractivity contribution in [2.24, 2.45) is 11.8 Å². The molecule has 0 spiro atoms. The van der Waals surface area contributed by atoms with E-state index in [2.05, 4.69) is 6.92 Å². The summed E-state index contributed by atoms with van der Waals surface area (Å²) in [6.07, 6.45) is 4.43. The van der Waals surface area contributed by atoms with Gasteiger partial charge in [-0.25, -0.2) is 0 Å². The molecule has 0 saturated heterocycles. The number of ketones is 1. The summed E-state index contributed by atoms with van der Waals surface area (Å²) in [5, 5.41) is 0. The van der Waals surface area contributed by atoms with Crippen molar-refractivity contribution in [3.8, 4) is 0 Å². The highest BCUT2D eigenvalue weighted by atomic mass is 16.5. The van der Waals surface area contributed by atoms with Crippen LogP contribution in [0.5, 0.6) is 0 Å². The molecule has 2 unspecified atom stereocenters. The van der Waals surface area contributed by atoms with Crippen molar-refractivity contribution in [2.45, 2.75) is 46.0 Å². The van der Waals surface area contributed by atoms with Gasteiger partial charge in [0.15, 0.2) is 0 Å². The van der Waals surface area contributed by atoms with Crippen molar-refractivity contribution in [3.63, 3.8) is 0 Å². The van der Waals surface area contributed by atoms with E-state index >= 15 is 0 Å². The topological polar surface area (TPSA) is 43.4 Å². The highest BCUT2D eigenvalue weighted by Crippen LogP contribution is 2.30. The van der Waals surface area contributed by atoms with E-state index in [1.807, 2.05) is 0 Å². The van der Waals surface area contributed by atoms with Crippen molar-refractivity contribution in [3.05, 3.63) is 0 Å². The molecular weight excluding hydrogens is 192 g/mol. The van der Waals surface area contributed by atoms with Gasteiger partial charge in [0.1, 0.15) is 11.7 Å². The molecule has 1 rings (SSSR count). The molecule has 1 fully saturated rings. The Labute approximate surface area is 91.2 Å². The lowest BCUT2D eigenvalue weighted by Crippen LogP contribution is -2.32. The van der Waals surface area contributed by atoms with Crippen molar-refractivity contribution < 1.29 is 14.3 Å². The zero-order valence-electron chi connectivity index (χ0n) is 9.62. The second kappa shape index (κ2) is 5.89. The fraction of sp³-hybridized carbons (Fsp3) is 0.833. The van der Waals surface area contributed by atoms with Crippen molar-refractivity contribution in [1.82, 2.24) is 0 Å². The van der Waals surface area contributed by atoms with Crippen LogP contribution in [0.3, 0.4) is 0 Å². The summed E-state index contributed by atoms with van der Waals surface area (Å²) in [4.78, 5) is 23.1. The Morgan fingerprint density at radius 3 is 2.80 bits per heavy atom. The number of carbonyl (C=O) groups is 2. The minimum absolute atomic E-state index is 0.0702. The molecule has 3 nitrogen and oxygen atoms in total. The van der Waals surface area contributed by atoms with Gasteiger partial charge >= 0.3 is 5.97 Å². The molecule has 15 heavy (non-hydrogen) atoms. The first-order valence-corrected chi connectivity index (χ1v) is 5.88. The maximum atomic E-state index is 11.6. The summed E-state index contributed by atoms with van der Waals surface area (Å²) in [6.45, 7) is 4.27. The Bertz CT molecular complexity index is 235. The van der Waals surface area contributed by atoms with Gasteiger partial charge in [-0.3, -0.25) is 9.59 Å². The largest absolute Gasteiger partial charge is 0.465 e. The van der Waals surface area contributed by atoms with E-state index in [-0.39, 0.29) is 11.8 Å². The number of ether oxygens (including phenoxy) is 1. The number of hydrogen-bond donors (Lipinski definition) is 0. The van der Waals surface area contributed by atoms with Crippen molar-refractivity contribution in [1.29, 1.82) is 0 Å². The quantitative estimate of drug-likeness (QED) is 0.530. The van der Waals surface area contributed by atoms with Gasteiger partial charge in [0.25, 0.3) is 0 Å². The lowest BCUT2D eigenvalue weighted by atomic mass is 9.78. The van der Waals surface area contributed by atoms with E-state index in [0.717, 1.165) is 19.3 Å². The fourth-order valence-electron chi connectivity index (χ4n) is 2.24. The second-order valence-electron chi connectivity index (χ2n) is 4.20. The smallest absolute Gasteiger partial charge is 0.316 e. The summed E-state index contributed by atoms with van der Waals surface area (Å²) < 4.78 is 4.92. The number of rotatable bonds is 4. The molecule has 0 aliphatic heterocycles. The highest BCUT2D eigenvalue weighted by Gasteiger charge is 2.34. The first kappa shape index (κ1) is 12.2. The summed E-state index contributed by atoms with van der Waals surface area (Å²) in [5.41, 5.74) is 0. The Kier molecular flexibility index (Phi) is 4.79. The lowest BCUT2D eigenvalue weighted by Gasteiger charge is -2.26. The standard InChI is InChI=1S/C12H20O3/c1-3-5-9-6-7-11(13)10(8-9)12(14)15-4-2/h9-10H,3-8H2,1-2H3. The van der Waals surface area contributed by atoms with Crippen LogP contribution in [0.1, 0.15) is 46.0 Å². The van der Waals surface area contributed by atoms with Gasteiger partial charge in [-0.2, -0.15) is 0 Å². The third-order valence-corrected chi connectivity index (χ3v) is 3.02. The molecule has 0 bridgehead atoms. The van der Waals surface area contributed by atoms with Crippen LogP contribution in [-0.2, 0) is 14.3 Å². The van der Waals surface area contributed by atoms with Gasteiger partial charge in [0.2, 0.25) is 0 Å². The first-order valence-electron chi connectivity index (χ1n) is 5.88. The normalized spacial score (nSPS) is 26.4. The average molecular weight is 212 g/mol. The Morgan fingerprint density at radius 1 is 1.47 bits per heavy atom. The van der Waals surface area contributed by atoms with Gasteiger partial charge < -0.3 is 4.74 Å². The molecule has 0 radical (unpaired) electrons. The fourth-order valence-corrected chi connectivity index (χ4v) is 2.24. The molecule has 1 aliphatic carbocycles. The van der Waals surface area contributed by atoms with E-state index in [1.54, 1.807) is 6.92 Å². The van der Waals surface area contributed by atoms with E-state index in [4.69, 9.17) is 4.74 Å². The Balaban J connectivity index is 2.53. The minimum Gasteiger partial charge on any atom is -0.465 e. The lowest BCUT2D eigenvalue weighted by molar-refractivity contribution is -0.153. The van der Waals surface area contributed by atoms with Crippen LogP contribution < -0.4 is 0 Å². The van der Waals surface area contributed by atoms with Crippen LogP contribution in [0.2, 0.25) is 0 Å². The molecule has 1 saturated carbocycles. The van der Waals surface area contributed by atoms with Crippen LogP contribution in [-0.4, -0.2) is 18.4 Å². The zero-order chi connectivity index (χ0) is 11.3. The highest BCUT2D eigenvalue weighted by molar-refractivity contribution is 5.99. The maximum Gasteiger partial charge on any atom is 0.316 e. The Hall–Kier alpha value is -0.860. The predicted octanol–water partition coefficient (Wildman–Crippen LogP) is 2.33. The van der Waals surface area contributed by atoms with E-state index in [0.29, 0.717) is 25.4 Å². The van der Waals surface area contributed by atoms with Crippen LogP contribution in [0.25, 0.3) is 0 Å². The van der Waals surface area contributed by atoms with Crippen LogP contribution in [0.4, 0.5) is 0 Å². The molecule has 2 atom stereocenters. The molecule has 0 aromatic heterocycles. The molecule has 0 amide bonds. The van der Waals surface area contributed by atoms with Gasteiger partial charge in [-0.1, -0.05) is 19.8 Å². The van der Waals surface area contributed by atoms with Gasteiger partial charge in [-0.15, -0.1) is 0 Å². The zero-order valence-corrected chi connectivity index (χ0v) is 9.62. The monoisotopic (exact) mass is 212 g/mol. The van der Waals surface area contributed by atoms with Crippen LogP contribution in [0.15, 0.2) is 0 Å². The number of hydrogen-bond acceptors (Lipinski definition) is 3. The second-order valence-corrected chi connectivity index (χ2v) is 4.20. The molecule has 0 N–H and O–H groups in total. The summed E-state index contributed by atoms with van der Waals surface area (Å²) >= 11 is 0. The third kappa shape index (κ3) is 3.33. The predicted molar refractivity (Wildman–Crippen MR) is 57.4 cm³/mol. The molecule has 0 aromatic rings. The maximum absolute atomic E-state index is 11.6. The summed E-state index contributed by atoms with van der Waals surface area (Å²) in [5.74, 6) is -0.193. The van der Waals surface area contributed by atoms with Crippen molar-refractivity contribution >= 4 is 11.8 Å². The number of Topliss-reactive ketones (excluding diaryl/α,β-unsaturated/α-hetero) is 1. The molecule has 86 valence electrons. The molecule has 0 aromatic carbocycles. The van der Waals surface area contributed by atoms with Gasteiger partial charge in [0.05, 0.1) is 6.61 Å². The number of esters is 1. The summed E-state index contributed by atoms with van der Waals surface area (Å²) in [6, 6.07) is 0. The van der Waals surface area contributed by atoms with Crippen LogP contribution >= 0.6 is 0 Å². The summed E-state index contributed by atoms with van der Waals surface area (Å²) in [7, 11) is 0. The molecule has 1 aliphatic rings. The average Bonchev–Trinajstić information content (AvgIpc) is 2.21. The number of carbonyl (C=O) groups excluding carboxylic acids is 2. The van der Waals surface area contributed by atoms with E-state index in [1.165, 1.54) is 0 Å². The molecular formula is C12H20O3. The van der Waals surface area contributed by atoms with Crippen molar-refractivity contribution in [2.75, 3.05) is 6.61 Å². The van der Waals surface area contributed by atoms with E-state index < -0.39 is 5.92 Å². The molecule has 0 heterocycles. The van der Waals surface area contributed by atoms with E-state index in [9.17, 15) is 9.59 Å². The Morgan fingerprint density at radius 2 is 2.20 bits per heavy atom.